The molecular formula is C10H20F3NO2. The van der Waals surface area contributed by atoms with E-state index in [1.807, 2.05) is 13.8 Å². The van der Waals surface area contributed by atoms with Gasteiger partial charge >= 0.3 is 6.18 Å². The zero-order chi connectivity index (χ0) is 12.6. The Morgan fingerprint density at radius 1 is 1.31 bits per heavy atom. The molecule has 16 heavy (non-hydrogen) atoms. The maximum Gasteiger partial charge on any atom is 0.411 e. The molecule has 0 bridgehead atoms. The van der Waals surface area contributed by atoms with Gasteiger partial charge in [0.15, 0.2) is 0 Å². The minimum absolute atomic E-state index is 0.0115. The monoisotopic (exact) mass is 243 g/mol. The molecule has 98 valence electrons. The Balaban J connectivity index is 3.39. The molecule has 0 radical (unpaired) electrons. The van der Waals surface area contributed by atoms with Crippen LogP contribution < -0.4 is 5.32 Å². The van der Waals surface area contributed by atoms with Gasteiger partial charge in [-0.1, -0.05) is 13.8 Å². The highest BCUT2D eigenvalue weighted by Gasteiger charge is 2.27. The van der Waals surface area contributed by atoms with Gasteiger partial charge in [-0.25, -0.2) is 0 Å². The maximum atomic E-state index is 11.7. The number of halogens is 3. The summed E-state index contributed by atoms with van der Waals surface area (Å²) in [5, 5.41) is 12.0. The van der Waals surface area contributed by atoms with Crippen LogP contribution in [0.15, 0.2) is 0 Å². The fraction of sp³-hybridized carbons (Fsp3) is 1.00. The lowest BCUT2D eigenvalue weighted by molar-refractivity contribution is -0.173. The van der Waals surface area contributed by atoms with Crippen molar-refractivity contribution in [3.8, 4) is 0 Å². The molecule has 0 saturated carbocycles. The molecule has 0 spiro atoms. The third-order valence-corrected chi connectivity index (χ3v) is 2.14. The van der Waals surface area contributed by atoms with Crippen LogP contribution in [0.4, 0.5) is 13.2 Å². The van der Waals surface area contributed by atoms with Crippen molar-refractivity contribution in [3.63, 3.8) is 0 Å². The molecule has 0 amide bonds. The molecule has 0 aromatic heterocycles. The number of ether oxygens (including phenoxy) is 1. The van der Waals surface area contributed by atoms with Crippen molar-refractivity contribution in [3.05, 3.63) is 0 Å². The Bertz CT molecular complexity index is 174. The van der Waals surface area contributed by atoms with Crippen molar-refractivity contribution < 1.29 is 23.0 Å². The number of alkyl halides is 3. The first-order valence-electron chi connectivity index (χ1n) is 5.35. The third-order valence-electron chi connectivity index (χ3n) is 2.14. The molecule has 0 saturated heterocycles. The van der Waals surface area contributed by atoms with Crippen LogP contribution >= 0.6 is 0 Å². The van der Waals surface area contributed by atoms with E-state index in [-0.39, 0.29) is 19.3 Å². The standard InChI is InChI=1S/C10H20F3NO2/c1-8(2)9(6-15)14-4-3-5-16-7-10(11,12)13/h8-9,14-15H,3-7H2,1-2H3. The Hall–Kier alpha value is -0.330. The first kappa shape index (κ1) is 15.7. The number of hydrogen-bond donors (Lipinski definition) is 2. The lowest BCUT2D eigenvalue weighted by atomic mass is 10.1. The summed E-state index contributed by atoms with van der Waals surface area (Å²) >= 11 is 0. The molecule has 0 aliphatic carbocycles. The fourth-order valence-electron chi connectivity index (χ4n) is 1.16. The quantitative estimate of drug-likeness (QED) is 0.636. The number of aliphatic hydroxyl groups is 1. The van der Waals surface area contributed by atoms with Crippen LogP contribution in [0.1, 0.15) is 20.3 Å². The van der Waals surface area contributed by atoms with Crippen LogP contribution in [-0.4, -0.2) is 43.7 Å². The Labute approximate surface area is 94.0 Å². The molecule has 0 rings (SSSR count). The first-order valence-corrected chi connectivity index (χ1v) is 5.35. The van der Waals surface area contributed by atoms with E-state index in [4.69, 9.17) is 5.11 Å². The van der Waals surface area contributed by atoms with E-state index < -0.39 is 12.8 Å². The van der Waals surface area contributed by atoms with Gasteiger partial charge < -0.3 is 15.2 Å². The van der Waals surface area contributed by atoms with E-state index in [0.29, 0.717) is 18.9 Å². The van der Waals surface area contributed by atoms with E-state index in [1.54, 1.807) is 0 Å². The number of aliphatic hydroxyl groups excluding tert-OH is 1. The predicted molar refractivity (Wildman–Crippen MR) is 55.2 cm³/mol. The van der Waals surface area contributed by atoms with Gasteiger partial charge in [0.05, 0.1) is 6.61 Å². The molecule has 0 aliphatic heterocycles. The zero-order valence-electron chi connectivity index (χ0n) is 9.68. The molecule has 0 fully saturated rings. The van der Waals surface area contributed by atoms with E-state index >= 15 is 0 Å². The largest absolute Gasteiger partial charge is 0.411 e. The highest BCUT2D eigenvalue weighted by molar-refractivity contribution is 4.68. The molecule has 1 atom stereocenters. The summed E-state index contributed by atoms with van der Waals surface area (Å²) in [6.45, 7) is 3.38. The SMILES string of the molecule is CC(C)C(CO)NCCCOCC(F)(F)F. The molecule has 0 aromatic rings. The normalized spacial score (nSPS) is 14.4. The van der Waals surface area contributed by atoms with Gasteiger partial charge in [-0.05, 0) is 18.9 Å². The van der Waals surface area contributed by atoms with Gasteiger partial charge in [0.25, 0.3) is 0 Å². The Kier molecular flexibility index (Phi) is 7.70. The van der Waals surface area contributed by atoms with Crippen molar-refractivity contribution in [1.29, 1.82) is 0 Å². The van der Waals surface area contributed by atoms with Crippen molar-refractivity contribution in [1.82, 2.24) is 5.32 Å². The van der Waals surface area contributed by atoms with Crippen molar-refractivity contribution in [2.45, 2.75) is 32.5 Å². The molecular weight excluding hydrogens is 223 g/mol. The smallest absolute Gasteiger partial charge is 0.395 e. The molecule has 0 heterocycles. The van der Waals surface area contributed by atoms with Gasteiger partial charge in [-0.15, -0.1) is 0 Å². The van der Waals surface area contributed by atoms with Crippen LogP contribution in [0.3, 0.4) is 0 Å². The van der Waals surface area contributed by atoms with Gasteiger partial charge in [-0.3, -0.25) is 0 Å². The second-order valence-corrected chi connectivity index (χ2v) is 4.01. The molecule has 3 nitrogen and oxygen atoms in total. The van der Waals surface area contributed by atoms with Crippen molar-refractivity contribution >= 4 is 0 Å². The number of rotatable bonds is 8. The van der Waals surface area contributed by atoms with Gasteiger partial charge in [0.2, 0.25) is 0 Å². The maximum absolute atomic E-state index is 11.7. The predicted octanol–water partition coefficient (Wildman–Crippen LogP) is 1.56. The van der Waals surface area contributed by atoms with Crippen LogP contribution in [0, 0.1) is 5.92 Å². The highest BCUT2D eigenvalue weighted by atomic mass is 19.4. The third kappa shape index (κ3) is 8.94. The summed E-state index contributed by atoms with van der Waals surface area (Å²) in [5.74, 6) is 0.293. The van der Waals surface area contributed by atoms with Crippen LogP contribution in [0.25, 0.3) is 0 Å². The van der Waals surface area contributed by atoms with E-state index in [0.717, 1.165) is 0 Å². The van der Waals surface area contributed by atoms with Crippen LogP contribution in [0.5, 0.6) is 0 Å². The molecule has 6 heteroatoms. The lowest BCUT2D eigenvalue weighted by Crippen LogP contribution is -2.37. The van der Waals surface area contributed by atoms with E-state index in [2.05, 4.69) is 10.1 Å². The van der Waals surface area contributed by atoms with Gasteiger partial charge in [0.1, 0.15) is 6.61 Å². The fourth-order valence-corrected chi connectivity index (χ4v) is 1.16. The summed E-state index contributed by atoms with van der Waals surface area (Å²) in [6, 6.07) is -0.0115. The Morgan fingerprint density at radius 3 is 2.38 bits per heavy atom. The molecule has 0 aliphatic rings. The number of nitrogens with one attached hydrogen (secondary N) is 1. The van der Waals surface area contributed by atoms with Crippen LogP contribution in [0.2, 0.25) is 0 Å². The minimum Gasteiger partial charge on any atom is -0.395 e. The molecule has 0 aromatic carbocycles. The minimum atomic E-state index is -4.25. The van der Waals surface area contributed by atoms with Crippen LogP contribution in [-0.2, 0) is 4.74 Å². The Morgan fingerprint density at radius 2 is 1.94 bits per heavy atom. The van der Waals surface area contributed by atoms with E-state index in [1.165, 1.54) is 0 Å². The van der Waals surface area contributed by atoms with E-state index in [9.17, 15) is 13.2 Å². The molecule has 1 unspecified atom stereocenters. The second kappa shape index (κ2) is 7.86. The lowest BCUT2D eigenvalue weighted by Gasteiger charge is -2.19. The van der Waals surface area contributed by atoms with Crippen molar-refractivity contribution in [2.24, 2.45) is 5.92 Å². The summed E-state index contributed by atoms with van der Waals surface area (Å²) in [4.78, 5) is 0. The van der Waals surface area contributed by atoms with Gasteiger partial charge in [0, 0.05) is 12.6 Å². The summed E-state index contributed by atoms with van der Waals surface area (Å²) in [6.07, 6.45) is -3.75. The average Bonchev–Trinajstić information content (AvgIpc) is 2.14. The first-order chi connectivity index (χ1) is 7.37. The average molecular weight is 243 g/mol. The number of hydrogen-bond acceptors (Lipinski definition) is 3. The zero-order valence-corrected chi connectivity index (χ0v) is 9.68. The summed E-state index contributed by atoms with van der Waals surface area (Å²) in [5.41, 5.74) is 0. The van der Waals surface area contributed by atoms with Gasteiger partial charge in [-0.2, -0.15) is 13.2 Å². The molecule has 2 N–H and O–H groups in total. The highest BCUT2D eigenvalue weighted by Crippen LogP contribution is 2.14. The van der Waals surface area contributed by atoms with Crippen molar-refractivity contribution in [2.75, 3.05) is 26.4 Å². The second-order valence-electron chi connectivity index (χ2n) is 4.01. The topological polar surface area (TPSA) is 41.5 Å². The summed E-state index contributed by atoms with van der Waals surface area (Å²) < 4.78 is 39.5. The summed E-state index contributed by atoms with van der Waals surface area (Å²) in [7, 11) is 0.